The monoisotopic (exact) mass is 482 g/mol. The Morgan fingerprint density at radius 3 is 2.57 bits per heavy atom. The minimum Gasteiger partial charge on any atom is -0.467 e. The molecule has 7 nitrogen and oxygen atoms in total. The Morgan fingerprint density at radius 2 is 1.91 bits per heavy atom. The van der Waals surface area contributed by atoms with Crippen LogP contribution >= 0.6 is 0 Å². The highest BCUT2D eigenvalue weighted by Gasteiger charge is 2.31. The third-order valence-electron chi connectivity index (χ3n) is 5.91. The quantitative estimate of drug-likeness (QED) is 0.419. The highest BCUT2D eigenvalue weighted by Crippen LogP contribution is 2.32. The lowest BCUT2D eigenvalue weighted by Crippen LogP contribution is -2.23. The molecule has 1 aliphatic rings. The van der Waals surface area contributed by atoms with Gasteiger partial charge in [-0.15, -0.1) is 0 Å². The summed E-state index contributed by atoms with van der Waals surface area (Å²) in [6, 6.07) is 13.9. The Kier molecular flexibility index (Phi) is 5.80. The minimum absolute atomic E-state index is 0.0337. The molecule has 3 heterocycles. The van der Waals surface area contributed by atoms with Crippen LogP contribution in [-0.4, -0.2) is 27.9 Å². The van der Waals surface area contributed by atoms with Gasteiger partial charge in [-0.2, -0.15) is 13.2 Å². The largest absolute Gasteiger partial charge is 0.467 e. The smallest absolute Gasteiger partial charge is 0.416 e. The van der Waals surface area contributed by atoms with E-state index in [0.717, 1.165) is 29.8 Å². The highest BCUT2D eigenvalue weighted by atomic mass is 19.4. The summed E-state index contributed by atoms with van der Waals surface area (Å²) >= 11 is 0. The number of fused-ring (bicyclic) bond motifs is 1. The first-order valence-electron chi connectivity index (χ1n) is 11.1. The lowest BCUT2D eigenvalue weighted by Gasteiger charge is -2.16. The first kappa shape index (κ1) is 22.7. The van der Waals surface area contributed by atoms with E-state index >= 15 is 0 Å². The van der Waals surface area contributed by atoms with Crippen molar-refractivity contribution >= 4 is 34.5 Å². The summed E-state index contributed by atoms with van der Waals surface area (Å²) in [5.74, 6) is 0.397. The first-order chi connectivity index (χ1) is 16.8. The summed E-state index contributed by atoms with van der Waals surface area (Å²) in [4.78, 5) is 30.7. The number of aromatic nitrogens is 2. The summed E-state index contributed by atoms with van der Waals surface area (Å²) in [6.07, 6.45) is -1.62. The third-order valence-corrected chi connectivity index (χ3v) is 5.91. The number of rotatable bonds is 6. The van der Waals surface area contributed by atoms with Crippen LogP contribution in [0, 0.1) is 0 Å². The third kappa shape index (κ3) is 4.77. The van der Waals surface area contributed by atoms with Gasteiger partial charge < -0.3 is 13.9 Å². The second kappa shape index (κ2) is 8.94. The van der Waals surface area contributed by atoms with Gasteiger partial charge in [-0.25, -0.2) is 4.98 Å². The van der Waals surface area contributed by atoms with E-state index in [-0.39, 0.29) is 36.2 Å². The number of anilines is 2. The molecule has 5 rings (SSSR count). The number of furan rings is 1. The fourth-order valence-corrected chi connectivity index (χ4v) is 4.19. The van der Waals surface area contributed by atoms with Gasteiger partial charge >= 0.3 is 6.18 Å². The molecule has 1 fully saturated rings. The molecule has 4 aromatic rings. The normalized spacial score (nSPS) is 14.1. The van der Waals surface area contributed by atoms with E-state index in [2.05, 4.69) is 10.3 Å². The molecule has 2 amide bonds. The molecule has 0 bridgehead atoms. The zero-order valence-electron chi connectivity index (χ0n) is 18.5. The summed E-state index contributed by atoms with van der Waals surface area (Å²) in [5, 5.41) is 2.72. The van der Waals surface area contributed by atoms with Crippen molar-refractivity contribution in [2.75, 3.05) is 16.8 Å². The molecule has 0 saturated carbocycles. The Bertz CT molecular complexity index is 1380. The van der Waals surface area contributed by atoms with Crippen molar-refractivity contribution in [1.82, 2.24) is 9.55 Å². The first-order valence-corrected chi connectivity index (χ1v) is 11.1. The number of amides is 2. The maximum Gasteiger partial charge on any atom is 0.416 e. The second-order valence-electron chi connectivity index (χ2n) is 8.34. The van der Waals surface area contributed by atoms with Crippen molar-refractivity contribution in [3.63, 3.8) is 0 Å². The molecule has 2 aromatic heterocycles. The van der Waals surface area contributed by atoms with Gasteiger partial charge in [0.15, 0.2) is 0 Å². The van der Waals surface area contributed by atoms with Crippen LogP contribution < -0.4 is 10.2 Å². The molecule has 1 aliphatic heterocycles. The van der Waals surface area contributed by atoms with E-state index in [1.54, 1.807) is 45.9 Å². The topological polar surface area (TPSA) is 80.4 Å². The number of hydrogen-bond acceptors (Lipinski definition) is 4. The lowest BCUT2D eigenvalue weighted by molar-refractivity contribution is -0.137. The van der Waals surface area contributed by atoms with Gasteiger partial charge in [0.25, 0.3) is 0 Å². The van der Waals surface area contributed by atoms with Gasteiger partial charge in [-0.1, -0.05) is 12.1 Å². The van der Waals surface area contributed by atoms with Crippen molar-refractivity contribution < 1.29 is 27.2 Å². The molecular weight excluding hydrogens is 461 g/mol. The number of nitrogens with zero attached hydrogens (tertiary/aromatic N) is 3. The van der Waals surface area contributed by atoms with Crippen LogP contribution in [0.3, 0.4) is 0 Å². The summed E-state index contributed by atoms with van der Waals surface area (Å²) in [5.41, 5.74) is 1.25. The lowest BCUT2D eigenvalue weighted by atomic mass is 10.1. The van der Waals surface area contributed by atoms with Crippen molar-refractivity contribution in [2.24, 2.45) is 0 Å². The van der Waals surface area contributed by atoms with Crippen molar-refractivity contribution in [2.45, 2.75) is 32.0 Å². The van der Waals surface area contributed by atoms with Gasteiger partial charge in [0.1, 0.15) is 5.76 Å². The fourth-order valence-electron chi connectivity index (χ4n) is 4.19. The number of carbonyl (C=O) groups excluding carboxylic acids is 2. The molecule has 1 saturated heterocycles. The molecule has 10 heteroatoms. The number of hydrogen-bond donors (Lipinski definition) is 1. The van der Waals surface area contributed by atoms with Crippen LogP contribution in [-0.2, 0) is 28.7 Å². The van der Waals surface area contributed by atoms with Crippen molar-refractivity contribution in [3.05, 3.63) is 77.7 Å². The van der Waals surface area contributed by atoms with Gasteiger partial charge in [0, 0.05) is 18.7 Å². The van der Waals surface area contributed by atoms with E-state index in [4.69, 9.17) is 4.42 Å². The highest BCUT2D eigenvalue weighted by molar-refractivity contribution is 5.96. The van der Waals surface area contributed by atoms with E-state index in [0.29, 0.717) is 24.2 Å². The molecule has 0 atom stereocenters. The molecule has 0 aliphatic carbocycles. The number of imidazole rings is 1. The SMILES string of the molecule is O=C(Cc1ccc(N2CCCC2=O)cc1)Nc1nc2cc(C(F)(F)F)ccc2n1Cc1ccco1. The van der Waals surface area contributed by atoms with Crippen LogP contribution in [0.25, 0.3) is 11.0 Å². The summed E-state index contributed by atoms with van der Waals surface area (Å²) in [6.45, 7) is 0.865. The minimum atomic E-state index is -4.51. The number of alkyl halides is 3. The number of benzene rings is 2. The van der Waals surface area contributed by atoms with E-state index in [1.165, 1.54) is 12.3 Å². The zero-order chi connectivity index (χ0) is 24.6. The maximum atomic E-state index is 13.2. The van der Waals surface area contributed by atoms with Gasteiger partial charge in [0.05, 0.1) is 35.8 Å². The Morgan fingerprint density at radius 1 is 1.11 bits per heavy atom. The molecule has 180 valence electrons. The van der Waals surface area contributed by atoms with Gasteiger partial charge in [0.2, 0.25) is 17.8 Å². The zero-order valence-corrected chi connectivity index (χ0v) is 18.5. The van der Waals surface area contributed by atoms with Gasteiger partial charge in [-0.3, -0.25) is 14.9 Å². The van der Waals surface area contributed by atoms with Crippen LogP contribution in [0.15, 0.2) is 65.3 Å². The molecule has 0 radical (unpaired) electrons. The predicted molar refractivity (Wildman–Crippen MR) is 123 cm³/mol. The molecule has 0 spiro atoms. The number of nitrogens with one attached hydrogen (secondary N) is 1. The molecule has 1 N–H and O–H groups in total. The Labute approximate surface area is 198 Å². The van der Waals surface area contributed by atoms with E-state index in [1.807, 2.05) is 0 Å². The Balaban J connectivity index is 1.38. The van der Waals surface area contributed by atoms with Crippen LogP contribution in [0.2, 0.25) is 0 Å². The Hall–Kier alpha value is -4.08. The van der Waals surface area contributed by atoms with Gasteiger partial charge in [-0.05, 0) is 54.4 Å². The van der Waals surface area contributed by atoms with Crippen LogP contribution in [0.1, 0.15) is 29.7 Å². The molecular formula is C25H21F3N4O3. The average Bonchev–Trinajstić information content (AvgIpc) is 3.55. The maximum absolute atomic E-state index is 13.2. The predicted octanol–water partition coefficient (Wildman–Crippen LogP) is 5.00. The number of halogens is 3. The fraction of sp³-hybridized carbons (Fsp3) is 0.240. The average molecular weight is 482 g/mol. The van der Waals surface area contributed by atoms with Crippen LogP contribution in [0.5, 0.6) is 0 Å². The molecule has 35 heavy (non-hydrogen) atoms. The van der Waals surface area contributed by atoms with Crippen molar-refractivity contribution in [3.8, 4) is 0 Å². The van der Waals surface area contributed by atoms with Crippen molar-refractivity contribution in [1.29, 1.82) is 0 Å². The molecule has 0 unspecified atom stereocenters. The summed E-state index contributed by atoms with van der Waals surface area (Å²) < 4.78 is 46.6. The van der Waals surface area contributed by atoms with E-state index in [9.17, 15) is 22.8 Å². The molecule has 2 aromatic carbocycles. The summed E-state index contributed by atoms with van der Waals surface area (Å²) in [7, 11) is 0. The standard InChI is InChI=1S/C25H21F3N4O3/c26-25(27,28)17-7-10-21-20(14-17)29-24(32(21)15-19-3-2-12-35-19)30-22(33)13-16-5-8-18(9-6-16)31-11-1-4-23(31)34/h2-3,5-10,12,14H,1,4,11,13,15H2,(H,29,30,33). The number of carbonyl (C=O) groups is 2. The van der Waals surface area contributed by atoms with Crippen LogP contribution in [0.4, 0.5) is 24.8 Å². The van der Waals surface area contributed by atoms with E-state index < -0.39 is 11.7 Å². The second-order valence-corrected chi connectivity index (χ2v) is 8.34.